The van der Waals surface area contributed by atoms with E-state index < -0.39 is 0 Å². The molecular weight excluding hydrogens is 232 g/mol. The summed E-state index contributed by atoms with van der Waals surface area (Å²) in [6, 6.07) is 9.40. The molecule has 2 unspecified atom stereocenters. The minimum Gasteiger partial charge on any atom is -0.382 e. The van der Waals surface area contributed by atoms with Gasteiger partial charge < -0.3 is 10.3 Å². The zero-order chi connectivity index (χ0) is 13.2. The van der Waals surface area contributed by atoms with Gasteiger partial charge >= 0.3 is 0 Å². The summed E-state index contributed by atoms with van der Waals surface area (Å²) in [4.78, 5) is 3.24. The Morgan fingerprint density at radius 2 is 2.11 bits per heavy atom. The van der Waals surface area contributed by atoms with Gasteiger partial charge in [0.2, 0.25) is 0 Å². The number of anilines is 1. The summed E-state index contributed by atoms with van der Waals surface area (Å²) in [5.74, 6) is 1.71. The third kappa shape index (κ3) is 2.78. The molecule has 1 fully saturated rings. The summed E-state index contributed by atoms with van der Waals surface area (Å²) < 4.78 is 0. The van der Waals surface area contributed by atoms with Crippen molar-refractivity contribution in [3.63, 3.8) is 0 Å². The van der Waals surface area contributed by atoms with Crippen LogP contribution in [0.25, 0.3) is 10.9 Å². The van der Waals surface area contributed by atoms with Crippen LogP contribution in [-0.4, -0.2) is 11.0 Å². The fourth-order valence-electron chi connectivity index (χ4n) is 3.34. The SMILES string of the molecule is CC(C)C1CCCC(Nc2ccc3[nH]ccc3c2)C1. The van der Waals surface area contributed by atoms with Crippen molar-refractivity contribution >= 4 is 16.6 Å². The maximum atomic E-state index is 3.73. The van der Waals surface area contributed by atoms with E-state index in [0.717, 1.165) is 11.8 Å². The summed E-state index contributed by atoms with van der Waals surface area (Å²) in [5, 5.41) is 5.03. The van der Waals surface area contributed by atoms with E-state index in [1.54, 1.807) is 0 Å². The van der Waals surface area contributed by atoms with Crippen molar-refractivity contribution in [1.82, 2.24) is 4.98 Å². The van der Waals surface area contributed by atoms with Gasteiger partial charge in [-0.15, -0.1) is 0 Å². The van der Waals surface area contributed by atoms with Crippen LogP contribution in [0.3, 0.4) is 0 Å². The molecule has 0 bridgehead atoms. The molecule has 0 radical (unpaired) electrons. The van der Waals surface area contributed by atoms with Crippen molar-refractivity contribution in [3.05, 3.63) is 30.5 Å². The smallest absolute Gasteiger partial charge is 0.0455 e. The Hall–Kier alpha value is -1.44. The van der Waals surface area contributed by atoms with Gasteiger partial charge in [-0.05, 0) is 48.9 Å². The maximum Gasteiger partial charge on any atom is 0.0455 e. The largest absolute Gasteiger partial charge is 0.382 e. The Morgan fingerprint density at radius 3 is 2.95 bits per heavy atom. The fraction of sp³-hybridized carbons (Fsp3) is 0.529. The van der Waals surface area contributed by atoms with E-state index in [4.69, 9.17) is 0 Å². The predicted octanol–water partition coefficient (Wildman–Crippen LogP) is 4.79. The normalized spacial score (nSPS) is 23.9. The topological polar surface area (TPSA) is 27.8 Å². The fourth-order valence-corrected chi connectivity index (χ4v) is 3.34. The first-order chi connectivity index (χ1) is 9.22. The number of hydrogen-bond acceptors (Lipinski definition) is 1. The van der Waals surface area contributed by atoms with Crippen LogP contribution in [-0.2, 0) is 0 Å². The third-order valence-electron chi connectivity index (χ3n) is 4.58. The van der Waals surface area contributed by atoms with Gasteiger partial charge in [0.25, 0.3) is 0 Å². The second-order valence-corrected chi connectivity index (χ2v) is 6.29. The van der Waals surface area contributed by atoms with Gasteiger partial charge in [0.05, 0.1) is 0 Å². The van der Waals surface area contributed by atoms with Crippen molar-refractivity contribution in [3.8, 4) is 0 Å². The third-order valence-corrected chi connectivity index (χ3v) is 4.58. The molecule has 1 aliphatic carbocycles. The van der Waals surface area contributed by atoms with Crippen LogP contribution in [0.4, 0.5) is 5.69 Å². The van der Waals surface area contributed by atoms with Gasteiger partial charge in [0.15, 0.2) is 0 Å². The minimum atomic E-state index is 0.651. The van der Waals surface area contributed by atoms with E-state index in [0.29, 0.717) is 6.04 Å². The standard InChI is InChI=1S/C17H24N2/c1-12(2)13-4-3-5-15(10-13)19-16-6-7-17-14(11-16)8-9-18-17/h6-9,11-13,15,18-19H,3-5,10H2,1-2H3. The van der Waals surface area contributed by atoms with Gasteiger partial charge in [-0.1, -0.05) is 26.7 Å². The number of H-pyrrole nitrogens is 1. The quantitative estimate of drug-likeness (QED) is 0.811. The Balaban J connectivity index is 1.69. The molecule has 1 heterocycles. The highest BCUT2D eigenvalue weighted by Gasteiger charge is 2.23. The molecule has 0 aliphatic heterocycles. The summed E-state index contributed by atoms with van der Waals surface area (Å²) in [6.07, 6.45) is 7.42. The highest BCUT2D eigenvalue weighted by molar-refractivity contribution is 5.83. The Labute approximate surface area is 115 Å². The van der Waals surface area contributed by atoms with Gasteiger partial charge in [0, 0.05) is 28.8 Å². The van der Waals surface area contributed by atoms with Crippen LogP contribution in [0, 0.1) is 11.8 Å². The predicted molar refractivity (Wildman–Crippen MR) is 82.5 cm³/mol. The molecule has 3 rings (SSSR count). The van der Waals surface area contributed by atoms with Crippen LogP contribution < -0.4 is 5.32 Å². The second-order valence-electron chi connectivity index (χ2n) is 6.29. The average Bonchev–Trinajstić information content (AvgIpc) is 2.86. The number of nitrogens with one attached hydrogen (secondary N) is 2. The molecule has 2 N–H and O–H groups in total. The van der Waals surface area contributed by atoms with E-state index in [2.05, 4.69) is 48.4 Å². The molecule has 2 aromatic rings. The van der Waals surface area contributed by atoms with E-state index in [1.165, 1.54) is 42.3 Å². The monoisotopic (exact) mass is 256 g/mol. The number of fused-ring (bicyclic) bond motifs is 1. The van der Waals surface area contributed by atoms with Crippen molar-refractivity contribution in [2.75, 3.05) is 5.32 Å². The van der Waals surface area contributed by atoms with E-state index in [-0.39, 0.29) is 0 Å². The van der Waals surface area contributed by atoms with Crippen LogP contribution >= 0.6 is 0 Å². The van der Waals surface area contributed by atoms with E-state index in [1.807, 2.05) is 6.20 Å². The zero-order valence-corrected chi connectivity index (χ0v) is 11.9. The lowest BCUT2D eigenvalue weighted by molar-refractivity contribution is 0.264. The number of hydrogen-bond donors (Lipinski definition) is 2. The maximum absolute atomic E-state index is 3.73. The molecule has 1 saturated carbocycles. The zero-order valence-electron chi connectivity index (χ0n) is 11.9. The van der Waals surface area contributed by atoms with Gasteiger partial charge in [-0.3, -0.25) is 0 Å². The average molecular weight is 256 g/mol. The highest BCUT2D eigenvalue weighted by atomic mass is 14.9. The van der Waals surface area contributed by atoms with E-state index in [9.17, 15) is 0 Å². The molecule has 1 aromatic heterocycles. The van der Waals surface area contributed by atoms with Crippen LogP contribution in [0.5, 0.6) is 0 Å². The number of aromatic amines is 1. The molecule has 19 heavy (non-hydrogen) atoms. The minimum absolute atomic E-state index is 0.651. The van der Waals surface area contributed by atoms with Crippen LogP contribution in [0.1, 0.15) is 39.5 Å². The molecule has 1 aliphatic rings. The number of aromatic nitrogens is 1. The van der Waals surface area contributed by atoms with Gasteiger partial charge in [0.1, 0.15) is 0 Å². The molecular formula is C17H24N2. The molecule has 102 valence electrons. The van der Waals surface area contributed by atoms with E-state index >= 15 is 0 Å². The van der Waals surface area contributed by atoms with Crippen LogP contribution in [0.2, 0.25) is 0 Å². The Bertz CT molecular complexity index is 541. The molecule has 2 nitrogen and oxygen atoms in total. The second kappa shape index (κ2) is 5.28. The number of rotatable bonds is 3. The summed E-state index contributed by atoms with van der Waals surface area (Å²) >= 11 is 0. The molecule has 2 atom stereocenters. The van der Waals surface area contributed by atoms with Gasteiger partial charge in [-0.2, -0.15) is 0 Å². The lowest BCUT2D eigenvalue weighted by Crippen LogP contribution is -2.29. The first kappa shape index (κ1) is 12.6. The first-order valence-electron chi connectivity index (χ1n) is 7.56. The van der Waals surface area contributed by atoms with Crippen molar-refractivity contribution < 1.29 is 0 Å². The summed E-state index contributed by atoms with van der Waals surface area (Å²) in [6.45, 7) is 4.72. The summed E-state index contributed by atoms with van der Waals surface area (Å²) in [7, 11) is 0. The van der Waals surface area contributed by atoms with Crippen molar-refractivity contribution in [2.45, 2.75) is 45.6 Å². The summed E-state index contributed by atoms with van der Waals surface area (Å²) in [5.41, 5.74) is 2.48. The Morgan fingerprint density at radius 1 is 1.21 bits per heavy atom. The van der Waals surface area contributed by atoms with Crippen molar-refractivity contribution in [1.29, 1.82) is 0 Å². The lowest BCUT2D eigenvalue weighted by atomic mass is 9.79. The number of benzene rings is 1. The Kier molecular flexibility index (Phi) is 3.50. The van der Waals surface area contributed by atoms with Crippen molar-refractivity contribution in [2.24, 2.45) is 11.8 Å². The molecule has 0 spiro atoms. The van der Waals surface area contributed by atoms with Gasteiger partial charge in [-0.25, -0.2) is 0 Å². The highest BCUT2D eigenvalue weighted by Crippen LogP contribution is 2.31. The molecule has 1 aromatic carbocycles. The molecule has 2 heteroatoms. The molecule has 0 saturated heterocycles. The lowest BCUT2D eigenvalue weighted by Gasteiger charge is -2.32. The molecule has 0 amide bonds. The first-order valence-corrected chi connectivity index (χ1v) is 7.56. The van der Waals surface area contributed by atoms with Crippen LogP contribution in [0.15, 0.2) is 30.5 Å².